The molecule has 10 heteroatoms. The van der Waals surface area contributed by atoms with Gasteiger partial charge in [-0.1, -0.05) is 11.6 Å². The van der Waals surface area contributed by atoms with Crippen molar-refractivity contribution in [3.8, 4) is 9.88 Å². The molecule has 148 valence electrons. The summed E-state index contributed by atoms with van der Waals surface area (Å²) in [6.07, 6.45) is -4.60. The third-order valence-electron chi connectivity index (χ3n) is 3.86. The zero-order valence-corrected chi connectivity index (χ0v) is 17.4. The van der Waals surface area contributed by atoms with Crippen LogP contribution in [0.25, 0.3) is 9.88 Å². The van der Waals surface area contributed by atoms with Crippen LogP contribution in [0.1, 0.15) is 20.9 Å². The zero-order chi connectivity index (χ0) is 20.6. The largest absolute Gasteiger partial charge is 0.418 e. The summed E-state index contributed by atoms with van der Waals surface area (Å²) in [5.74, 6) is -0.632. The van der Waals surface area contributed by atoms with Gasteiger partial charge < -0.3 is 10.2 Å². The van der Waals surface area contributed by atoms with E-state index in [-0.39, 0.29) is 10.6 Å². The first-order valence-electron chi connectivity index (χ1n) is 7.99. The summed E-state index contributed by atoms with van der Waals surface area (Å²) in [5.41, 5.74) is -0.368. The summed E-state index contributed by atoms with van der Waals surface area (Å²) in [4.78, 5) is 19.6. The number of nitrogens with one attached hydrogen (secondary N) is 1. The van der Waals surface area contributed by atoms with Gasteiger partial charge in [0, 0.05) is 19.8 Å². The Morgan fingerprint density at radius 2 is 1.89 bits per heavy atom. The molecule has 0 unspecified atom stereocenters. The molecule has 2 aromatic heterocycles. The Labute approximate surface area is 172 Å². The molecule has 1 aromatic carbocycles. The lowest BCUT2D eigenvalue weighted by atomic mass is 10.1. The Morgan fingerprint density at radius 3 is 2.46 bits per heavy atom. The number of carbonyl (C=O) groups is 1. The topological polar surface area (TPSA) is 45.2 Å². The van der Waals surface area contributed by atoms with E-state index in [0.717, 1.165) is 22.3 Å². The molecule has 4 nitrogen and oxygen atoms in total. The number of hydrogen-bond acceptors (Lipinski definition) is 5. The van der Waals surface area contributed by atoms with Crippen molar-refractivity contribution >= 4 is 51.6 Å². The summed E-state index contributed by atoms with van der Waals surface area (Å²) in [6.45, 7) is 1.64. The fourth-order valence-corrected chi connectivity index (χ4v) is 4.53. The van der Waals surface area contributed by atoms with E-state index in [4.69, 9.17) is 11.6 Å². The van der Waals surface area contributed by atoms with Gasteiger partial charge in [0.15, 0.2) is 0 Å². The molecule has 0 aliphatic heterocycles. The molecule has 0 radical (unpaired) electrons. The van der Waals surface area contributed by atoms with Gasteiger partial charge in [-0.25, -0.2) is 4.98 Å². The molecule has 0 saturated heterocycles. The molecule has 0 aliphatic rings. The van der Waals surface area contributed by atoms with Gasteiger partial charge in [0.2, 0.25) is 0 Å². The Morgan fingerprint density at radius 1 is 1.18 bits per heavy atom. The molecule has 1 amide bonds. The number of thiazole rings is 1. The molecule has 28 heavy (non-hydrogen) atoms. The van der Waals surface area contributed by atoms with E-state index >= 15 is 0 Å². The molecule has 3 rings (SSSR count). The number of hydrogen-bond donors (Lipinski definition) is 1. The van der Waals surface area contributed by atoms with Crippen LogP contribution in [0.3, 0.4) is 0 Å². The number of benzene rings is 1. The van der Waals surface area contributed by atoms with E-state index in [1.54, 1.807) is 38.1 Å². The molecular formula is C18H15ClF3N3OS2. The second-order valence-corrected chi connectivity index (χ2v) is 8.83. The highest BCUT2D eigenvalue weighted by atomic mass is 35.5. The minimum atomic E-state index is -4.60. The lowest BCUT2D eigenvalue weighted by molar-refractivity contribution is -0.136. The molecule has 2 heterocycles. The van der Waals surface area contributed by atoms with Crippen molar-refractivity contribution < 1.29 is 18.0 Å². The van der Waals surface area contributed by atoms with Gasteiger partial charge in [0.25, 0.3) is 5.91 Å². The monoisotopic (exact) mass is 445 g/mol. The molecular weight excluding hydrogens is 431 g/mol. The molecule has 0 atom stereocenters. The predicted octanol–water partition coefficient (Wildman–Crippen LogP) is 6.17. The summed E-state index contributed by atoms with van der Waals surface area (Å²) >= 11 is 8.36. The van der Waals surface area contributed by atoms with Crippen molar-refractivity contribution in [2.24, 2.45) is 0 Å². The van der Waals surface area contributed by atoms with Crippen LogP contribution < -0.4 is 10.2 Å². The summed E-state index contributed by atoms with van der Waals surface area (Å²) in [7, 11) is 3.29. The number of thiophene rings is 1. The highest BCUT2D eigenvalue weighted by Gasteiger charge is 2.34. The Hall–Kier alpha value is -2.10. The number of aryl methyl sites for hydroxylation is 1. The average Bonchev–Trinajstić information content (AvgIpc) is 3.19. The lowest BCUT2D eigenvalue weighted by Gasteiger charge is -2.18. The number of aromatic nitrogens is 1. The van der Waals surface area contributed by atoms with E-state index in [2.05, 4.69) is 10.3 Å². The number of amides is 1. The van der Waals surface area contributed by atoms with Crippen LogP contribution in [0.5, 0.6) is 0 Å². The molecule has 3 aromatic rings. The van der Waals surface area contributed by atoms with Crippen molar-refractivity contribution in [2.75, 3.05) is 24.3 Å². The Balaban J connectivity index is 1.92. The highest BCUT2D eigenvalue weighted by molar-refractivity contribution is 7.24. The zero-order valence-electron chi connectivity index (χ0n) is 15.0. The average molecular weight is 446 g/mol. The van der Waals surface area contributed by atoms with Gasteiger partial charge in [-0.15, -0.1) is 22.7 Å². The summed E-state index contributed by atoms with van der Waals surface area (Å²) < 4.78 is 41.0. The number of rotatable bonds is 4. The Kier molecular flexibility index (Phi) is 5.69. The third kappa shape index (κ3) is 4.31. The van der Waals surface area contributed by atoms with Crippen LogP contribution in [-0.4, -0.2) is 25.0 Å². The van der Waals surface area contributed by atoms with E-state index in [1.807, 2.05) is 0 Å². The molecule has 0 aliphatic carbocycles. The lowest BCUT2D eigenvalue weighted by Crippen LogP contribution is -2.18. The smallest absolute Gasteiger partial charge is 0.378 e. The number of halogens is 4. The molecule has 0 saturated carbocycles. The van der Waals surface area contributed by atoms with Crippen LogP contribution >= 0.6 is 34.3 Å². The first-order chi connectivity index (χ1) is 13.1. The quantitative estimate of drug-likeness (QED) is 0.522. The van der Waals surface area contributed by atoms with E-state index in [1.165, 1.54) is 23.5 Å². The van der Waals surface area contributed by atoms with Crippen LogP contribution in [0.15, 0.2) is 30.3 Å². The van der Waals surface area contributed by atoms with Crippen molar-refractivity contribution in [3.63, 3.8) is 0 Å². The van der Waals surface area contributed by atoms with Crippen molar-refractivity contribution in [1.29, 1.82) is 0 Å². The number of carbonyl (C=O) groups excluding carboxylic acids is 1. The fourth-order valence-electron chi connectivity index (χ4n) is 2.47. The van der Waals surface area contributed by atoms with Gasteiger partial charge >= 0.3 is 6.18 Å². The van der Waals surface area contributed by atoms with Crippen molar-refractivity contribution in [2.45, 2.75) is 13.1 Å². The normalized spacial score (nSPS) is 11.5. The van der Waals surface area contributed by atoms with Gasteiger partial charge in [0.1, 0.15) is 9.88 Å². The van der Waals surface area contributed by atoms with Crippen LogP contribution in [-0.2, 0) is 6.18 Å². The predicted molar refractivity (Wildman–Crippen MR) is 109 cm³/mol. The first-order valence-corrected chi connectivity index (χ1v) is 10.0. The van der Waals surface area contributed by atoms with Crippen molar-refractivity contribution in [3.05, 3.63) is 50.8 Å². The Bertz CT molecular complexity index is 1030. The van der Waals surface area contributed by atoms with Crippen molar-refractivity contribution in [1.82, 2.24) is 4.98 Å². The molecule has 0 spiro atoms. The SMILES string of the molecule is Cc1nc(-c2ccc(Cl)s2)sc1C(=O)Nc1ccc(N(C)C)cc1C(F)(F)F. The minimum absolute atomic E-state index is 0.254. The highest BCUT2D eigenvalue weighted by Crippen LogP contribution is 2.38. The standard InChI is InChI=1S/C18H15ClF3N3OS2/c1-9-15(28-17(23-9)13-6-7-14(19)27-13)16(26)24-12-5-4-10(25(2)3)8-11(12)18(20,21)22/h4-8H,1-3H3,(H,24,26). The second kappa shape index (κ2) is 7.73. The summed E-state index contributed by atoms with van der Waals surface area (Å²) in [6, 6.07) is 7.29. The van der Waals surface area contributed by atoms with E-state index in [0.29, 0.717) is 20.7 Å². The van der Waals surface area contributed by atoms with Crippen LogP contribution in [0.4, 0.5) is 24.5 Å². The number of alkyl halides is 3. The first kappa shape index (κ1) is 20.6. The summed E-state index contributed by atoms with van der Waals surface area (Å²) in [5, 5.41) is 2.98. The van der Waals surface area contributed by atoms with E-state index in [9.17, 15) is 18.0 Å². The van der Waals surface area contributed by atoms with Gasteiger partial charge in [-0.2, -0.15) is 13.2 Å². The molecule has 0 bridgehead atoms. The van der Waals surface area contributed by atoms with Crippen LogP contribution in [0, 0.1) is 6.92 Å². The minimum Gasteiger partial charge on any atom is -0.378 e. The maximum atomic E-state index is 13.5. The third-order valence-corrected chi connectivity index (χ3v) is 6.42. The number of anilines is 2. The molecule has 0 fully saturated rings. The fraction of sp³-hybridized carbons (Fsp3) is 0.222. The maximum Gasteiger partial charge on any atom is 0.418 e. The van der Waals surface area contributed by atoms with Gasteiger partial charge in [-0.05, 0) is 37.3 Å². The van der Waals surface area contributed by atoms with E-state index < -0.39 is 17.6 Å². The maximum absolute atomic E-state index is 13.5. The van der Waals surface area contributed by atoms with Gasteiger partial charge in [0.05, 0.1) is 26.2 Å². The molecule has 1 N–H and O–H groups in total. The van der Waals surface area contributed by atoms with Gasteiger partial charge in [-0.3, -0.25) is 4.79 Å². The van der Waals surface area contributed by atoms with Crippen LogP contribution in [0.2, 0.25) is 4.34 Å². The number of nitrogens with zero attached hydrogens (tertiary/aromatic N) is 2. The second-order valence-electron chi connectivity index (χ2n) is 6.11.